The molecule has 2 N–H and O–H groups in total. The van der Waals surface area contributed by atoms with E-state index in [1.165, 1.54) is 16.9 Å². The zero-order valence-corrected chi connectivity index (χ0v) is 20.1. The van der Waals surface area contributed by atoms with Gasteiger partial charge in [0.15, 0.2) is 11.6 Å². The van der Waals surface area contributed by atoms with Crippen LogP contribution in [0, 0.1) is 12.7 Å². The summed E-state index contributed by atoms with van der Waals surface area (Å²) in [6.07, 6.45) is 1.53. The van der Waals surface area contributed by atoms with E-state index >= 15 is 0 Å². The Morgan fingerprint density at radius 3 is 2.63 bits per heavy atom. The quantitative estimate of drug-likeness (QED) is 0.370. The SMILES string of the molecule is CCNc1cc(Oc2cc(Cl)c(NC(=O)c3c(C)n(C)n(-c4ccccc4)c3=O)cc2F)ccn1. The van der Waals surface area contributed by atoms with Crippen molar-refractivity contribution in [3.8, 4) is 17.2 Å². The Morgan fingerprint density at radius 2 is 1.91 bits per heavy atom. The predicted molar refractivity (Wildman–Crippen MR) is 134 cm³/mol. The maximum atomic E-state index is 14.8. The third-order valence-electron chi connectivity index (χ3n) is 5.37. The number of ether oxygens (including phenoxy) is 1. The summed E-state index contributed by atoms with van der Waals surface area (Å²) in [7, 11) is 1.68. The van der Waals surface area contributed by atoms with Crippen LogP contribution in [0.5, 0.6) is 11.5 Å². The Hall–Kier alpha value is -4.11. The molecule has 0 saturated heterocycles. The van der Waals surface area contributed by atoms with Gasteiger partial charge >= 0.3 is 0 Å². The number of halogens is 2. The largest absolute Gasteiger partial charge is 0.454 e. The minimum atomic E-state index is -0.738. The molecule has 0 bridgehead atoms. The zero-order chi connectivity index (χ0) is 25.1. The first-order valence-corrected chi connectivity index (χ1v) is 11.2. The monoisotopic (exact) mass is 495 g/mol. The van der Waals surface area contributed by atoms with Gasteiger partial charge in [0.1, 0.15) is 17.1 Å². The average molecular weight is 496 g/mol. The Bertz CT molecular complexity index is 1450. The molecule has 0 aliphatic heterocycles. The van der Waals surface area contributed by atoms with E-state index in [1.807, 2.05) is 13.0 Å². The molecule has 0 radical (unpaired) electrons. The summed E-state index contributed by atoms with van der Waals surface area (Å²) in [5, 5.41) is 5.64. The van der Waals surface area contributed by atoms with Gasteiger partial charge in [0.2, 0.25) is 0 Å². The summed E-state index contributed by atoms with van der Waals surface area (Å²) in [5.41, 5.74) is 0.502. The second-order valence-electron chi connectivity index (χ2n) is 7.66. The number of aromatic nitrogens is 3. The van der Waals surface area contributed by atoms with Crippen molar-refractivity contribution in [3.63, 3.8) is 0 Å². The van der Waals surface area contributed by atoms with Gasteiger partial charge in [-0.3, -0.25) is 14.3 Å². The molecule has 180 valence electrons. The highest BCUT2D eigenvalue weighted by atomic mass is 35.5. The maximum Gasteiger partial charge on any atom is 0.284 e. The van der Waals surface area contributed by atoms with Crippen LogP contribution in [-0.4, -0.2) is 26.8 Å². The fourth-order valence-electron chi connectivity index (χ4n) is 3.60. The van der Waals surface area contributed by atoms with Crippen LogP contribution in [0.25, 0.3) is 5.69 Å². The van der Waals surface area contributed by atoms with E-state index in [0.717, 1.165) is 6.07 Å². The number of carbonyl (C=O) groups excluding carboxylic acids is 1. The maximum absolute atomic E-state index is 14.8. The minimum absolute atomic E-state index is 0.0125. The number of pyridine rings is 1. The lowest BCUT2D eigenvalue weighted by molar-refractivity contribution is 0.102. The fraction of sp³-hybridized carbons (Fsp3) is 0.160. The molecule has 1 amide bonds. The van der Waals surface area contributed by atoms with Crippen LogP contribution in [0.3, 0.4) is 0 Å². The molecule has 4 rings (SSSR count). The van der Waals surface area contributed by atoms with Crippen molar-refractivity contribution >= 4 is 29.0 Å². The van der Waals surface area contributed by atoms with E-state index in [-0.39, 0.29) is 22.0 Å². The highest BCUT2D eigenvalue weighted by Crippen LogP contribution is 2.33. The molecule has 10 heteroatoms. The normalized spacial score (nSPS) is 10.8. The summed E-state index contributed by atoms with van der Waals surface area (Å²) in [5.74, 6) is -0.608. The molecule has 0 aliphatic carbocycles. The van der Waals surface area contributed by atoms with E-state index in [1.54, 1.807) is 55.1 Å². The third-order valence-corrected chi connectivity index (χ3v) is 5.68. The van der Waals surface area contributed by atoms with Gasteiger partial charge < -0.3 is 15.4 Å². The first-order chi connectivity index (χ1) is 16.8. The number of rotatable bonds is 7. The van der Waals surface area contributed by atoms with Crippen molar-refractivity contribution < 1.29 is 13.9 Å². The number of benzene rings is 2. The lowest BCUT2D eigenvalue weighted by Crippen LogP contribution is -2.25. The number of nitrogens with one attached hydrogen (secondary N) is 2. The van der Waals surface area contributed by atoms with E-state index in [9.17, 15) is 14.0 Å². The lowest BCUT2D eigenvalue weighted by Gasteiger charge is -2.12. The molecule has 2 aromatic carbocycles. The first-order valence-electron chi connectivity index (χ1n) is 10.8. The van der Waals surface area contributed by atoms with Crippen LogP contribution in [0.15, 0.2) is 65.6 Å². The number of para-hydroxylation sites is 1. The molecule has 8 nitrogen and oxygen atoms in total. The van der Waals surface area contributed by atoms with Crippen molar-refractivity contribution in [2.45, 2.75) is 13.8 Å². The lowest BCUT2D eigenvalue weighted by atomic mass is 10.2. The number of nitrogens with zero attached hydrogens (tertiary/aromatic N) is 3. The van der Waals surface area contributed by atoms with Gasteiger partial charge in [-0.15, -0.1) is 0 Å². The van der Waals surface area contributed by atoms with E-state index < -0.39 is 17.3 Å². The Kier molecular flexibility index (Phi) is 6.88. The minimum Gasteiger partial charge on any atom is -0.454 e. The molecule has 0 aliphatic rings. The summed E-state index contributed by atoms with van der Waals surface area (Å²) < 4.78 is 23.4. The first kappa shape index (κ1) is 24.0. The molecule has 0 saturated carbocycles. The highest BCUT2D eigenvalue weighted by Gasteiger charge is 2.23. The molecule has 0 fully saturated rings. The van der Waals surface area contributed by atoms with Gasteiger partial charge in [0, 0.05) is 38.0 Å². The number of carbonyl (C=O) groups is 1. The smallest absolute Gasteiger partial charge is 0.284 e. The summed E-state index contributed by atoms with van der Waals surface area (Å²) in [4.78, 5) is 30.2. The number of hydrogen-bond acceptors (Lipinski definition) is 5. The second-order valence-corrected chi connectivity index (χ2v) is 8.07. The summed E-state index contributed by atoms with van der Waals surface area (Å²) in [6.45, 7) is 4.25. The van der Waals surface area contributed by atoms with E-state index in [4.69, 9.17) is 16.3 Å². The molecule has 0 spiro atoms. The van der Waals surface area contributed by atoms with E-state index in [0.29, 0.717) is 29.5 Å². The zero-order valence-electron chi connectivity index (χ0n) is 19.3. The van der Waals surface area contributed by atoms with Crippen LogP contribution in [-0.2, 0) is 7.05 Å². The molecule has 2 heterocycles. The Labute approximate surface area is 205 Å². The van der Waals surface area contributed by atoms with Gasteiger partial charge in [-0.05, 0) is 32.0 Å². The van der Waals surface area contributed by atoms with Crippen LogP contribution >= 0.6 is 11.6 Å². The van der Waals surface area contributed by atoms with Crippen LogP contribution in [0.4, 0.5) is 15.9 Å². The molecule has 4 aromatic rings. The topological polar surface area (TPSA) is 90.2 Å². The number of hydrogen-bond donors (Lipinski definition) is 2. The Balaban J connectivity index is 1.60. The van der Waals surface area contributed by atoms with Gasteiger partial charge in [-0.1, -0.05) is 29.8 Å². The van der Waals surface area contributed by atoms with Gasteiger partial charge in [0.05, 0.1) is 22.1 Å². The van der Waals surface area contributed by atoms with Gasteiger partial charge in [0.25, 0.3) is 11.5 Å². The molecule has 0 unspecified atom stereocenters. The van der Waals surface area contributed by atoms with Crippen molar-refractivity contribution in [1.82, 2.24) is 14.3 Å². The highest BCUT2D eigenvalue weighted by molar-refractivity contribution is 6.34. The molecule has 0 atom stereocenters. The molecule has 35 heavy (non-hydrogen) atoms. The van der Waals surface area contributed by atoms with Crippen LogP contribution in [0.2, 0.25) is 5.02 Å². The predicted octanol–water partition coefficient (Wildman–Crippen LogP) is 5.15. The molecule has 2 aromatic heterocycles. The van der Waals surface area contributed by atoms with Crippen molar-refractivity contribution in [1.29, 1.82) is 0 Å². The number of anilines is 2. The standard InChI is InChI=1S/C25H23ClFN5O3/c1-4-28-22-12-17(10-11-29-22)35-21-13-18(26)20(14-19(21)27)30-24(33)23-15(2)31(3)32(25(23)34)16-8-6-5-7-9-16/h5-14H,4H2,1-3H3,(H,28,29)(H,30,33). The van der Waals surface area contributed by atoms with Gasteiger partial charge in [-0.25, -0.2) is 14.1 Å². The molecular weight excluding hydrogens is 473 g/mol. The third kappa shape index (κ3) is 4.90. The van der Waals surface area contributed by atoms with Crippen molar-refractivity contribution in [2.75, 3.05) is 17.2 Å². The van der Waals surface area contributed by atoms with Crippen molar-refractivity contribution in [2.24, 2.45) is 7.05 Å². The van der Waals surface area contributed by atoms with Crippen LogP contribution in [0.1, 0.15) is 23.0 Å². The van der Waals surface area contributed by atoms with Crippen molar-refractivity contribution in [3.05, 3.63) is 93.2 Å². The van der Waals surface area contributed by atoms with Gasteiger partial charge in [-0.2, -0.15) is 0 Å². The average Bonchev–Trinajstić information content (AvgIpc) is 3.06. The van der Waals surface area contributed by atoms with Crippen LogP contribution < -0.4 is 20.9 Å². The summed E-state index contributed by atoms with van der Waals surface area (Å²) >= 11 is 6.32. The van der Waals surface area contributed by atoms with E-state index in [2.05, 4.69) is 15.6 Å². The summed E-state index contributed by atoms with van der Waals surface area (Å²) in [6, 6.07) is 14.5. The number of amides is 1. The molecular formula is C25H23ClFN5O3. The Morgan fingerprint density at radius 1 is 1.17 bits per heavy atom. The fourth-order valence-corrected chi connectivity index (χ4v) is 3.80. The second kappa shape index (κ2) is 10.0.